The van der Waals surface area contributed by atoms with Gasteiger partial charge in [0.15, 0.2) is 0 Å². The summed E-state index contributed by atoms with van der Waals surface area (Å²) >= 11 is 7.14. The third kappa shape index (κ3) is 4.33. The molecule has 0 unspecified atom stereocenters. The molecule has 31 heavy (non-hydrogen) atoms. The molecule has 0 atom stereocenters. The molecule has 2 amide bonds. The number of rotatable bonds is 6. The molecule has 1 aliphatic heterocycles. The van der Waals surface area contributed by atoms with Crippen molar-refractivity contribution in [2.75, 3.05) is 25.5 Å². The van der Waals surface area contributed by atoms with Gasteiger partial charge >= 0.3 is 0 Å². The third-order valence-electron chi connectivity index (χ3n) is 5.22. The number of thiophene rings is 1. The molecule has 4 N–H and O–H groups in total. The average molecular weight is 489 g/mol. The maximum atomic E-state index is 14.1. The molecule has 2 heterocycles. The van der Waals surface area contributed by atoms with Gasteiger partial charge in [0.25, 0.3) is 16.1 Å². The normalized spacial score (nSPS) is 16.1. The van der Waals surface area contributed by atoms with Crippen molar-refractivity contribution < 1.29 is 22.4 Å². The molecule has 1 aromatic carbocycles. The highest BCUT2D eigenvalue weighted by molar-refractivity contribution is 7.86. The molecule has 1 saturated heterocycles. The molecular weight excluding hydrogens is 467 g/mol. The highest BCUT2D eigenvalue weighted by Gasteiger charge is 2.55. The van der Waals surface area contributed by atoms with Crippen molar-refractivity contribution in [2.24, 2.45) is 5.14 Å². The van der Waals surface area contributed by atoms with Gasteiger partial charge in [-0.25, -0.2) is 9.53 Å². The predicted octanol–water partition coefficient (Wildman–Crippen LogP) is 2.42. The van der Waals surface area contributed by atoms with Gasteiger partial charge in [-0.05, 0) is 35.1 Å². The lowest BCUT2D eigenvalue weighted by Crippen LogP contribution is -2.67. The van der Waals surface area contributed by atoms with Gasteiger partial charge < -0.3 is 10.6 Å². The Labute approximate surface area is 188 Å². The largest absolute Gasteiger partial charge is 0.355 e. The van der Waals surface area contributed by atoms with Gasteiger partial charge in [0.05, 0.1) is 16.3 Å². The first-order valence-electron chi connectivity index (χ1n) is 9.29. The quantitative estimate of drug-likeness (QED) is 0.578. The van der Waals surface area contributed by atoms with Crippen LogP contribution in [0.1, 0.15) is 40.6 Å². The molecule has 1 aromatic heterocycles. The maximum absolute atomic E-state index is 14.1. The van der Waals surface area contributed by atoms with E-state index in [1.807, 2.05) is 25.3 Å². The van der Waals surface area contributed by atoms with Crippen molar-refractivity contribution in [2.45, 2.75) is 25.2 Å². The summed E-state index contributed by atoms with van der Waals surface area (Å²) in [7, 11) is -2.60. The Kier molecular flexibility index (Phi) is 6.45. The fraction of sp³-hybridized carbons (Fsp3) is 0.368. The van der Waals surface area contributed by atoms with E-state index in [0.29, 0.717) is 4.88 Å². The Morgan fingerprint density at radius 2 is 1.97 bits per heavy atom. The zero-order valence-corrected chi connectivity index (χ0v) is 19.4. The lowest BCUT2D eigenvalue weighted by Gasteiger charge is -2.47. The molecule has 0 aliphatic carbocycles. The number of carbonyl (C=O) groups is 2. The lowest BCUT2D eigenvalue weighted by atomic mass is 9.76. The number of benzene rings is 1. The summed E-state index contributed by atoms with van der Waals surface area (Å²) in [6.45, 7) is 3.60. The van der Waals surface area contributed by atoms with E-state index in [4.69, 9.17) is 16.7 Å². The van der Waals surface area contributed by atoms with Gasteiger partial charge in [0.1, 0.15) is 11.2 Å². The molecule has 168 valence electrons. The van der Waals surface area contributed by atoms with Crippen LogP contribution in [0.5, 0.6) is 0 Å². The SMILES string of the molecule is CNC(=O)c1cc(Cl)c(F)cc1NC(=O)C1(c2sccc2C(C)C)CN(S(N)(=O)=O)C1. The fourth-order valence-electron chi connectivity index (χ4n) is 3.50. The Bertz CT molecular complexity index is 1140. The first-order chi connectivity index (χ1) is 14.4. The number of halogens is 2. The number of nitrogens with two attached hydrogens (primary N) is 1. The molecular formula is C19H22ClFN4O4S2. The minimum atomic E-state index is -3.99. The van der Waals surface area contributed by atoms with Gasteiger partial charge in [0.2, 0.25) is 5.91 Å². The lowest BCUT2D eigenvalue weighted by molar-refractivity contribution is -0.125. The Balaban J connectivity index is 2.05. The van der Waals surface area contributed by atoms with Crippen molar-refractivity contribution in [1.82, 2.24) is 9.62 Å². The highest BCUT2D eigenvalue weighted by atomic mass is 35.5. The Morgan fingerprint density at radius 1 is 1.32 bits per heavy atom. The smallest absolute Gasteiger partial charge is 0.276 e. The summed E-state index contributed by atoms with van der Waals surface area (Å²) in [5, 5.41) is 11.8. The van der Waals surface area contributed by atoms with Crippen LogP contribution in [0.2, 0.25) is 5.02 Å². The van der Waals surface area contributed by atoms with Gasteiger partial charge in [-0.3, -0.25) is 9.59 Å². The highest BCUT2D eigenvalue weighted by Crippen LogP contribution is 2.43. The monoisotopic (exact) mass is 488 g/mol. The zero-order valence-electron chi connectivity index (χ0n) is 17.0. The number of nitrogens with zero attached hydrogens (tertiary/aromatic N) is 1. The van der Waals surface area contributed by atoms with E-state index in [1.54, 1.807) is 0 Å². The van der Waals surface area contributed by atoms with Gasteiger partial charge in [-0.1, -0.05) is 25.4 Å². The molecule has 8 nitrogen and oxygen atoms in total. The molecule has 0 bridgehead atoms. The summed E-state index contributed by atoms with van der Waals surface area (Å²) in [5.41, 5.74) is -0.406. The van der Waals surface area contributed by atoms with Crippen LogP contribution in [0, 0.1) is 5.82 Å². The Hall–Kier alpha value is -2.05. The van der Waals surface area contributed by atoms with Gasteiger partial charge in [0, 0.05) is 25.0 Å². The number of anilines is 1. The second-order valence-electron chi connectivity index (χ2n) is 7.60. The van der Waals surface area contributed by atoms with Crippen LogP contribution in [0.25, 0.3) is 0 Å². The Morgan fingerprint density at radius 3 is 2.52 bits per heavy atom. The van der Waals surface area contributed by atoms with Crippen molar-refractivity contribution in [3.8, 4) is 0 Å². The fourth-order valence-corrected chi connectivity index (χ4v) is 5.71. The second-order valence-corrected chi connectivity index (χ2v) is 10.5. The minimum Gasteiger partial charge on any atom is -0.355 e. The topological polar surface area (TPSA) is 122 Å². The van der Waals surface area contributed by atoms with Crippen LogP contribution < -0.4 is 15.8 Å². The van der Waals surface area contributed by atoms with E-state index >= 15 is 0 Å². The predicted molar refractivity (Wildman–Crippen MR) is 118 cm³/mol. The van der Waals surface area contributed by atoms with Crippen LogP contribution in [-0.4, -0.2) is 44.7 Å². The summed E-state index contributed by atoms with van der Waals surface area (Å²) in [4.78, 5) is 26.4. The minimum absolute atomic E-state index is 0.0183. The van der Waals surface area contributed by atoms with Crippen molar-refractivity contribution >= 4 is 50.6 Å². The van der Waals surface area contributed by atoms with Crippen LogP contribution >= 0.6 is 22.9 Å². The molecule has 0 radical (unpaired) electrons. The van der Waals surface area contributed by atoms with Gasteiger partial charge in [-0.2, -0.15) is 12.7 Å². The standard InChI is InChI=1S/C19H22ClFN4O4S2/c1-10(2)11-4-5-30-16(11)19(8-25(9-19)31(22,28)29)18(27)24-15-7-14(21)13(20)6-12(15)17(26)23-3/h4-7,10H,8-9H2,1-3H3,(H,23,26)(H,24,27)(H2,22,28,29). The first-order valence-corrected chi connectivity index (χ1v) is 12.0. The van der Waals surface area contributed by atoms with Crippen LogP contribution in [0.4, 0.5) is 10.1 Å². The number of hydrogen-bond donors (Lipinski definition) is 3. The van der Waals surface area contributed by atoms with Crippen LogP contribution in [0.15, 0.2) is 23.6 Å². The molecule has 12 heteroatoms. The van der Waals surface area contributed by atoms with Gasteiger partial charge in [-0.15, -0.1) is 11.3 Å². The zero-order chi connectivity index (χ0) is 23.1. The maximum Gasteiger partial charge on any atom is 0.276 e. The van der Waals surface area contributed by atoms with E-state index in [1.165, 1.54) is 18.4 Å². The summed E-state index contributed by atoms with van der Waals surface area (Å²) in [5.74, 6) is -1.85. The third-order valence-corrected chi connectivity index (χ3v) is 7.62. The summed E-state index contributed by atoms with van der Waals surface area (Å²) < 4.78 is 38.7. The van der Waals surface area contributed by atoms with Crippen molar-refractivity contribution in [3.63, 3.8) is 0 Å². The van der Waals surface area contributed by atoms with E-state index in [2.05, 4.69) is 10.6 Å². The molecule has 3 rings (SSSR count). The van der Waals surface area contributed by atoms with E-state index in [9.17, 15) is 22.4 Å². The van der Waals surface area contributed by atoms with Crippen molar-refractivity contribution in [3.05, 3.63) is 50.4 Å². The van der Waals surface area contributed by atoms with Crippen LogP contribution in [0.3, 0.4) is 0 Å². The molecule has 0 spiro atoms. The number of hydrogen-bond acceptors (Lipinski definition) is 5. The molecule has 0 saturated carbocycles. The summed E-state index contributed by atoms with van der Waals surface area (Å²) in [6.07, 6.45) is 0. The number of amides is 2. The summed E-state index contributed by atoms with van der Waals surface area (Å²) in [6, 6.07) is 3.98. The van der Waals surface area contributed by atoms with E-state index in [-0.39, 0.29) is 35.3 Å². The molecule has 2 aromatic rings. The van der Waals surface area contributed by atoms with Crippen LogP contribution in [-0.2, 0) is 20.4 Å². The van der Waals surface area contributed by atoms with E-state index < -0.39 is 33.3 Å². The molecule has 1 aliphatic rings. The average Bonchev–Trinajstić information content (AvgIpc) is 3.12. The number of carbonyl (C=O) groups excluding carboxylic acids is 2. The van der Waals surface area contributed by atoms with E-state index in [0.717, 1.165) is 22.0 Å². The second kappa shape index (κ2) is 8.47. The molecule has 1 fully saturated rings. The number of nitrogens with one attached hydrogen (secondary N) is 2. The van der Waals surface area contributed by atoms with Crippen molar-refractivity contribution in [1.29, 1.82) is 0 Å². The first kappa shape index (κ1) is 23.6.